The number of nitrogens with zero attached hydrogens (tertiary/aromatic N) is 1. The average molecular weight is 322 g/mol. The topological polar surface area (TPSA) is 41.6 Å². The molecule has 0 bridgehead atoms. The number of carbonyl (C=O) groups excluding carboxylic acids is 1. The zero-order valence-corrected chi connectivity index (χ0v) is 14.7. The minimum atomic E-state index is 0.0398. The van der Waals surface area contributed by atoms with E-state index in [1.165, 1.54) is 0 Å². The molecule has 122 valence electrons. The summed E-state index contributed by atoms with van der Waals surface area (Å²) in [6.45, 7) is 8.78. The molecule has 1 aliphatic rings. The highest BCUT2D eigenvalue weighted by Crippen LogP contribution is 2.31. The van der Waals surface area contributed by atoms with Gasteiger partial charge in [-0.25, -0.2) is 0 Å². The van der Waals surface area contributed by atoms with Gasteiger partial charge in [0.15, 0.2) is 0 Å². The number of amides is 1. The zero-order chi connectivity index (χ0) is 16.2. The van der Waals surface area contributed by atoms with E-state index in [2.05, 4.69) is 26.1 Å². The first-order chi connectivity index (χ1) is 10.4. The van der Waals surface area contributed by atoms with Gasteiger partial charge >= 0.3 is 0 Å². The van der Waals surface area contributed by atoms with E-state index in [-0.39, 0.29) is 16.7 Å². The van der Waals surface area contributed by atoms with Gasteiger partial charge in [0.05, 0.1) is 18.9 Å². The largest absolute Gasteiger partial charge is 0.496 e. The van der Waals surface area contributed by atoms with Crippen LogP contribution in [0.3, 0.4) is 0 Å². The molecule has 0 aliphatic carbocycles. The van der Waals surface area contributed by atoms with E-state index in [4.69, 9.17) is 4.74 Å². The van der Waals surface area contributed by atoms with Gasteiger partial charge in [0.25, 0.3) is 0 Å². The molecule has 1 saturated heterocycles. The molecule has 1 atom stereocenters. The predicted octanol–water partition coefficient (Wildman–Crippen LogP) is 2.70. The van der Waals surface area contributed by atoms with Crippen molar-refractivity contribution < 1.29 is 9.53 Å². The van der Waals surface area contributed by atoms with E-state index in [0.29, 0.717) is 5.75 Å². The number of hydrogen-bond acceptors (Lipinski definition) is 4. The summed E-state index contributed by atoms with van der Waals surface area (Å²) in [5.74, 6) is 1.57. The molecule has 0 saturated carbocycles. The molecule has 1 aromatic rings. The van der Waals surface area contributed by atoms with Gasteiger partial charge in [-0.2, -0.15) is 0 Å². The molecule has 0 spiro atoms. The molecule has 1 amide bonds. The van der Waals surface area contributed by atoms with Crippen molar-refractivity contribution >= 4 is 17.7 Å². The lowest BCUT2D eigenvalue weighted by Gasteiger charge is -2.37. The van der Waals surface area contributed by atoms with Crippen LogP contribution in [0.15, 0.2) is 24.3 Å². The summed E-state index contributed by atoms with van der Waals surface area (Å²) < 4.78 is 5.57. The van der Waals surface area contributed by atoms with Crippen molar-refractivity contribution in [3.05, 3.63) is 29.8 Å². The Labute approximate surface area is 137 Å². The lowest BCUT2D eigenvalue weighted by molar-refractivity contribution is -0.131. The Morgan fingerprint density at radius 2 is 2.14 bits per heavy atom. The number of nitrogens with one attached hydrogen (secondary N) is 1. The van der Waals surface area contributed by atoms with Crippen LogP contribution in [0.25, 0.3) is 0 Å². The lowest BCUT2D eigenvalue weighted by Crippen LogP contribution is -2.49. The van der Waals surface area contributed by atoms with E-state index >= 15 is 0 Å². The first kappa shape index (κ1) is 17.2. The summed E-state index contributed by atoms with van der Waals surface area (Å²) in [6.07, 6.45) is 0. The van der Waals surface area contributed by atoms with E-state index in [1.54, 1.807) is 18.9 Å². The Hall–Kier alpha value is -1.20. The fourth-order valence-corrected chi connectivity index (χ4v) is 3.31. The minimum Gasteiger partial charge on any atom is -0.496 e. The lowest BCUT2D eigenvalue weighted by atomic mass is 10.0. The molecule has 1 N–H and O–H groups in total. The van der Waals surface area contributed by atoms with Crippen LogP contribution >= 0.6 is 11.8 Å². The zero-order valence-electron chi connectivity index (χ0n) is 13.9. The van der Waals surface area contributed by atoms with Crippen molar-refractivity contribution in [1.29, 1.82) is 0 Å². The first-order valence-corrected chi connectivity index (χ1v) is 8.68. The predicted molar refractivity (Wildman–Crippen MR) is 92.5 cm³/mol. The maximum atomic E-state index is 12.7. The molecule has 1 unspecified atom stereocenters. The number of para-hydroxylation sites is 1. The Morgan fingerprint density at radius 1 is 1.41 bits per heavy atom. The van der Waals surface area contributed by atoms with Gasteiger partial charge in [-0.15, -0.1) is 11.8 Å². The third kappa shape index (κ3) is 4.40. The Balaban J connectivity index is 2.16. The fourth-order valence-electron chi connectivity index (χ4n) is 2.58. The number of ether oxygens (including phenoxy) is 1. The molecule has 1 fully saturated rings. The number of carbonyl (C=O) groups is 1. The molecule has 5 heteroatoms. The van der Waals surface area contributed by atoms with Crippen LogP contribution in [-0.2, 0) is 4.79 Å². The quantitative estimate of drug-likeness (QED) is 0.925. The highest BCUT2D eigenvalue weighted by Gasteiger charge is 2.30. The number of hydrogen-bond donors (Lipinski definition) is 1. The second kappa shape index (κ2) is 7.38. The number of benzene rings is 1. The molecule has 4 nitrogen and oxygen atoms in total. The molecule has 22 heavy (non-hydrogen) atoms. The number of methoxy groups -OCH3 is 1. The summed E-state index contributed by atoms with van der Waals surface area (Å²) >= 11 is 1.70. The summed E-state index contributed by atoms with van der Waals surface area (Å²) in [5, 5.41) is 3.39. The summed E-state index contributed by atoms with van der Waals surface area (Å²) in [4.78, 5) is 14.7. The molecule has 1 aromatic carbocycles. The summed E-state index contributed by atoms with van der Waals surface area (Å²) in [7, 11) is 1.68. The maximum absolute atomic E-state index is 12.7. The summed E-state index contributed by atoms with van der Waals surface area (Å²) in [5.41, 5.74) is 1.08. The van der Waals surface area contributed by atoms with E-state index in [9.17, 15) is 4.79 Å². The molecule has 0 radical (unpaired) electrons. The smallest absolute Gasteiger partial charge is 0.233 e. The molecular formula is C17H26N2O2S. The standard InChI is InChI=1S/C17H26N2O2S/c1-17(2,3)22-12-16(20)19-10-9-18-11-14(19)13-7-5-6-8-15(13)21-4/h5-8,14,18H,9-12H2,1-4H3. The van der Waals surface area contributed by atoms with E-state index in [0.717, 1.165) is 30.9 Å². The van der Waals surface area contributed by atoms with Gasteiger partial charge in [-0.1, -0.05) is 39.0 Å². The fraction of sp³-hybridized carbons (Fsp3) is 0.588. The SMILES string of the molecule is COc1ccccc1C1CNCCN1C(=O)CSC(C)(C)C. The Kier molecular flexibility index (Phi) is 5.75. The van der Waals surface area contributed by atoms with Crippen LogP contribution in [0.2, 0.25) is 0 Å². The molecule has 1 heterocycles. The Morgan fingerprint density at radius 3 is 2.82 bits per heavy atom. The van der Waals surface area contributed by atoms with Crippen LogP contribution in [0.1, 0.15) is 32.4 Å². The van der Waals surface area contributed by atoms with Gasteiger partial charge in [0, 0.05) is 29.9 Å². The van der Waals surface area contributed by atoms with Gasteiger partial charge in [-0.05, 0) is 6.07 Å². The highest BCUT2D eigenvalue weighted by molar-refractivity contribution is 8.01. The van der Waals surface area contributed by atoms with Crippen molar-refractivity contribution in [2.75, 3.05) is 32.5 Å². The number of thioether (sulfide) groups is 1. The third-order valence-electron chi connectivity index (χ3n) is 3.69. The second-order valence-corrected chi connectivity index (χ2v) is 8.25. The third-order valence-corrected chi connectivity index (χ3v) is 4.95. The number of piperazine rings is 1. The highest BCUT2D eigenvalue weighted by atomic mass is 32.2. The van der Waals surface area contributed by atoms with Crippen LogP contribution in [0.5, 0.6) is 5.75 Å². The normalized spacial score (nSPS) is 19.1. The van der Waals surface area contributed by atoms with Gasteiger partial charge in [0.2, 0.25) is 5.91 Å². The van der Waals surface area contributed by atoms with Gasteiger partial charge < -0.3 is 15.0 Å². The van der Waals surface area contributed by atoms with E-state index in [1.807, 2.05) is 29.2 Å². The molecule has 1 aliphatic heterocycles. The average Bonchev–Trinajstić information content (AvgIpc) is 2.52. The second-order valence-electron chi connectivity index (χ2n) is 6.45. The van der Waals surface area contributed by atoms with Crippen LogP contribution in [0.4, 0.5) is 0 Å². The van der Waals surface area contributed by atoms with Crippen LogP contribution < -0.4 is 10.1 Å². The van der Waals surface area contributed by atoms with Gasteiger partial charge in [0.1, 0.15) is 5.75 Å². The van der Waals surface area contributed by atoms with Crippen molar-refractivity contribution in [1.82, 2.24) is 10.2 Å². The first-order valence-electron chi connectivity index (χ1n) is 7.69. The molecule has 0 aromatic heterocycles. The van der Waals surface area contributed by atoms with Crippen molar-refractivity contribution in [3.8, 4) is 5.75 Å². The summed E-state index contributed by atoms with van der Waals surface area (Å²) in [6, 6.07) is 8.00. The minimum absolute atomic E-state index is 0.0398. The maximum Gasteiger partial charge on any atom is 0.233 e. The van der Waals surface area contributed by atoms with Crippen LogP contribution in [0, 0.1) is 0 Å². The Bertz CT molecular complexity index is 514. The van der Waals surface area contributed by atoms with Gasteiger partial charge in [-0.3, -0.25) is 4.79 Å². The van der Waals surface area contributed by atoms with Crippen molar-refractivity contribution in [3.63, 3.8) is 0 Å². The van der Waals surface area contributed by atoms with Crippen molar-refractivity contribution in [2.45, 2.75) is 31.6 Å². The van der Waals surface area contributed by atoms with Crippen molar-refractivity contribution in [2.24, 2.45) is 0 Å². The molecule has 2 rings (SSSR count). The number of rotatable bonds is 4. The molecular weight excluding hydrogens is 296 g/mol. The van der Waals surface area contributed by atoms with E-state index < -0.39 is 0 Å². The monoisotopic (exact) mass is 322 g/mol. The van der Waals surface area contributed by atoms with Crippen LogP contribution in [-0.4, -0.2) is 48.1 Å².